The van der Waals surface area contributed by atoms with Crippen molar-refractivity contribution in [2.75, 3.05) is 0 Å². The maximum Gasteiger partial charge on any atom is 0.0782 e. The van der Waals surface area contributed by atoms with Crippen molar-refractivity contribution < 1.29 is 0 Å². The molecule has 0 unspecified atom stereocenters. The Labute approximate surface area is 134 Å². The molecule has 0 fully saturated rings. The highest BCUT2D eigenvalue weighted by Gasteiger charge is 2.19. The molecule has 3 heteroatoms. The smallest absolute Gasteiger partial charge is 0.0782 e. The Bertz CT molecular complexity index is 869. The molecule has 0 radical (unpaired) electrons. The van der Waals surface area contributed by atoms with Crippen molar-refractivity contribution in [2.45, 2.75) is 18.4 Å². The summed E-state index contributed by atoms with van der Waals surface area (Å²) in [6.07, 6.45) is 1.96. The molecule has 0 bridgehead atoms. The lowest BCUT2D eigenvalue weighted by atomic mass is 10.1. The van der Waals surface area contributed by atoms with Gasteiger partial charge in [0.25, 0.3) is 0 Å². The number of aromatic nitrogens is 1. The maximum atomic E-state index is 4.84. The number of aryl methyl sites for hydroxylation is 1. The number of aliphatic imine (C=N–C) groups is 1. The van der Waals surface area contributed by atoms with Crippen LogP contribution in [0.4, 0.5) is 5.69 Å². The van der Waals surface area contributed by atoms with E-state index < -0.39 is 0 Å². The number of rotatable bonds is 2. The average Bonchev–Trinajstić information content (AvgIpc) is 3.01. The number of benzene rings is 2. The molecule has 1 aliphatic heterocycles. The summed E-state index contributed by atoms with van der Waals surface area (Å²) in [5.41, 5.74) is 7.01. The van der Waals surface area contributed by atoms with Crippen LogP contribution in [-0.2, 0) is 11.5 Å². The van der Waals surface area contributed by atoms with Crippen molar-refractivity contribution in [1.82, 2.24) is 4.98 Å². The Morgan fingerprint density at radius 1 is 1.09 bits per heavy atom. The molecule has 0 aliphatic carbocycles. The lowest BCUT2D eigenvalue weighted by Gasteiger charge is -2.08. The number of pyridine rings is 1. The molecule has 0 saturated carbocycles. The van der Waals surface area contributed by atoms with E-state index in [1.807, 2.05) is 36.2 Å². The number of hydrogen-bond acceptors (Lipinski definition) is 3. The van der Waals surface area contributed by atoms with Crippen LogP contribution in [0.25, 0.3) is 10.9 Å². The Kier molecular flexibility index (Phi) is 3.43. The molecule has 2 heterocycles. The minimum Gasteiger partial charge on any atom is -0.255 e. The van der Waals surface area contributed by atoms with Gasteiger partial charge in [0.15, 0.2) is 0 Å². The molecule has 1 aromatic heterocycles. The summed E-state index contributed by atoms with van der Waals surface area (Å²) in [6, 6.07) is 16.7. The first-order valence-corrected chi connectivity index (χ1v) is 8.56. The van der Waals surface area contributed by atoms with E-state index in [-0.39, 0.29) is 0 Å². The molecular weight excluding hydrogens is 288 g/mol. The highest BCUT2D eigenvalue weighted by atomic mass is 32.2. The van der Waals surface area contributed by atoms with Gasteiger partial charge < -0.3 is 0 Å². The summed E-state index contributed by atoms with van der Waals surface area (Å²) in [5, 5.41) is 1.16. The second-order valence-corrected chi connectivity index (χ2v) is 6.55. The molecule has 0 N–H and O–H groups in total. The van der Waals surface area contributed by atoms with Gasteiger partial charge in [0, 0.05) is 28.7 Å². The van der Waals surface area contributed by atoms with Crippen LogP contribution in [0.3, 0.4) is 0 Å². The van der Waals surface area contributed by atoms with Crippen LogP contribution in [0.15, 0.2) is 53.5 Å². The lowest BCUT2D eigenvalue weighted by molar-refractivity contribution is 1.19. The Morgan fingerprint density at radius 2 is 1.95 bits per heavy atom. The number of hydrogen-bond donors (Lipinski definition) is 0. The van der Waals surface area contributed by atoms with Crippen molar-refractivity contribution in [1.29, 1.82) is 0 Å². The van der Waals surface area contributed by atoms with Gasteiger partial charge in [-0.05, 0) is 24.6 Å². The molecule has 22 heavy (non-hydrogen) atoms. The summed E-state index contributed by atoms with van der Waals surface area (Å²) >= 11 is 1.92. The molecule has 2 nitrogen and oxygen atoms in total. The van der Waals surface area contributed by atoms with Crippen molar-refractivity contribution in [3.05, 3.63) is 70.9 Å². The zero-order valence-electron chi connectivity index (χ0n) is 12.4. The largest absolute Gasteiger partial charge is 0.255 e. The van der Waals surface area contributed by atoms with Gasteiger partial charge in [-0.2, -0.15) is 11.8 Å². The fourth-order valence-corrected chi connectivity index (χ4v) is 3.84. The summed E-state index contributed by atoms with van der Waals surface area (Å²) in [6.45, 7) is 2.12. The average molecular weight is 304 g/mol. The SMILES string of the molecule is Cc1ccc2nc3c(c(N=Cc4ccccc4)c2c1)CSC3. The standard InChI is InChI=1S/C19H16N2S/c1-13-7-8-17-15(9-13)19(16-11-22-12-18(16)21-17)20-10-14-5-3-2-4-6-14/h2-10H,11-12H2,1H3. The third-order valence-electron chi connectivity index (χ3n) is 3.92. The van der Waals surface area contributed by atoms with Crippen molar-refractivity contribution in [3.8, 4) is 0 Å². The van der Waals surface area contributed by atoms with Crippen LogP contribution in [0.5, 0.6) is 0 Å². The zero-order chi connectivity index (χ0) is 14.9. The van der Waals surface area contributed by atoms with Crippen LogP contribution in [0, 0.1) is 6.92 Å². The normalized spacial score (nSPS) is 13.9. The molecule has 2 aromatic carbocycles. The fraction of sp³-hybridized carbons (Fsp3) is 0.158. The van der Waals surface area contributed by atoms with E-state index in [4.69, 9.17) is 9.98 Å². The molecular formula is C19H16N2S. The van der Waals surface area contributed by atoms with Crippen LogP contribution in [0.1, 0.15) is 22.4 Å². The Morgan fingerprint density at radius 3 is 2.82 bits per heavy atom. The first kappa shape index (κ1) is 13.5. The van der Waals surface area contributed by atoms with Gasteiger partial charge in [0.1, 0.15) is 0 Å². The van der Waals surface area contributed by atoms with Crippen LogP contribution >= 0.6 is 11.8 Å². The quantitative estimate of drug-likeness (QED) is 0.620. The van der Waals surface area contributed by atoms with E-state index >= 15 is 0 Å². The summed E-state index contributed by atoms with van der Waals surface area (Å²) in [4.78, 5) is 9.66. The van der Waals surface area contributed by atoms with Gasteiger partial charge in [-0.15, -0.1) is 0 Å². The first-order valence-electron chi connectivity index (χ1n) is 7.40. The summed E-state index contributed by atoms with van der Waals surface area (Å²) in [5.74, 6) is 2.00. The van der Waals surface area contributed by atoms with Gasteiger partial charge >= 0.3 is 0 Å². The predicted molar refractivity (Wildman–Crippen MR) is 95.2 cm³/mol. The van der Waals surface area contributed by atoms with E-state index in [9.17, 15) is 0 Å². The molecule has 0 spiro atoms. The number of fused-ring (bicyclic) bond motifs is 2. The second kappa shape index (κ2) is 5.58. The van der Waals surface area contributed by atoms with E-state index in [0.29, 0.717) is 0 Å². The van der Waals surface area contributed by atoms with Gasteiger partial charge in [0.2, 0.25) is 0 Å². The van der Waals surface area contributed by atoms with Crippen LogP contribution in [-0.4, -0.2) is 11.2 Å². The van der Waals surface area contributed by atoms with Gasteiger partial charge in [-0.3, -0.25) is 9.98 Å². The fourth-order valence-electron chi connectivity index (χ4n) is 2.80. The monoisotopic (exact) mass is 304 g/mol. The third-order valence-corrected chi connectivity index (χ3v) is 4.89. The highest BCUT2D eigenvalue weighted by Crippen LogP contribution is 2.39. The van der Waals surface area contributed by atoms with E-state index in [0.717, 1.165) is 33.7 Å². The van der Waals surface area contributed by atoms with Gasteiger partial charge in [0.05, 0.1) is 16.9 Å². The van der Waals surface area contributed by atoms with Crippen molar-refractivity contribution in [3.63, 3.8) is 0 Å². The predicted octanol–water partition coefficient (Wildman–Crippen LogP) is 5.04. The molecule has 3 aromatic rings. The Balaban J connectivity index is 1.91. The van der Waals surface area contributed by atoms with Crippen molar-refractivity contribution in [2.24, 2.45) is 4.99 Å². The van der Waals surface area contributed by atoms with E-state index in [1.165, 1.54) is 16.8 Å². The van der Waals surface area contributed by atoms with Gasteiger partial charge in [-0.25, -0.2) is 0 Å². The van der Waals surface area contributed by atoms with Crippen molar-refractivity contribution >= 4 is 34.6 Å². The maximum absolute atomic E-state index is 4.84. The molecule has 0 amide bonds. The van der Waals surface area contributed by atoms with Crippen LogP contribution in [0.2, 0.25) is 0 Å². The van der Waals surface area contributed by atoms with Gasteiger partial charge in [-0.1, -0.05) is 42.0 Å². The number of thioether (sulfide) groups is 1. The minimum absolute atomic E-state index is 0.993. The molecule has 108 valence electrons. The number of nitrogens with zero attached hydrogens (tertiary/aromatic N) is 2. The molecule has 1 aliphatic rings. The molecule has 0 atom stereocenters. The Hall–Kier alpha value is -2.13. The topological polar surface area (TPSA) is 25.2 Å². The van der Waals surface area contributed by atoms with E-state index in [1.54, 1.807) is 0 Å². The lowest BCUT2D eigenvalue weighted by Crippen LogP contribution is -1.92. The third kappa shape index (κ3) is 2.42. The summed E-state index contributed by atoms with van der Waals surface area (Å²) in [7, 11) is 0. The minimum atomic E-state index is 0.993. The summed E-state index contributed by atoms with van der Waals surface area (Å²) < 4.78 is 0. The second-order valence-electron chi connectivity index (χ2n) is 5.57. The zero-order valence-corrected chi connectivity index (χ0v) is 13.2. The highest BCUT2D eigenvalue weighted by molar-refractivity contribution is 7.98. The molecule has 4 rings (SSSR count). The molecule has 0 saturated heterocycles. The van der Waals surface area contributed by atoms with Crippen LogP contribution < -0.4 is 0 Å². The van der Waals surface area contributed by atoms with E-state index in [2.05, 4.69) is 37.3 Å². The first-order chi connectivity index (χ1) is 10.8.